The molecule has 0 aliphatic carbocycles. The van der Waals surface area contributed by atoms with E-state index in [-0.39, 0.29) is 6.54 Å². The number of alkyl halides is 1. The maximum absolute atomic E-state index is 13.0. The van der Waals surface area contributed by atoms with Crippen LogP contribution in [-0.4, -0.2) is 21.8 Å². The molecule has 0 aromatic carbocycles. The number of nitrogens with two attached hydrogens (primary N) is 1. The molecule has 1 amide bonds. The average molecular weight is 200 g/mol. The van der Waals surface area contributed by atoms with Crippen molar-refractivity contribution in [3.8, 4) is 0 Å². The molecule has 0 aliphatic rings. The third kappa shape index (κ3) is 2.45. The van der Waals surface area contributed by atoms with Crippen molar-refractivity contribution in [2.45, 2.75) is 26.1 Å². The van der Waals surface area contributed by atoms with Crippen LogP contribution in [0, 0.1) is 0 Å². The van der Waals surface area contributed by atoms with E-state index in [1.165, 1.54) is 20.0 Å². The van der Waals surface area contributed by atoms with E-state index in [0.29, 0.717) is 11.4 Å². The number of H-pyrrole nitrogens is 1. The third-order valence-corrected chi connectivity index (χ3v) is 1.73. The standard InChI is InChI=1S/C8H13FN4O/c1-8(2,9)7(14)11-3-5-4-12-13-6(5)10/h4H,3H2,1-2H3,(H,11,14)(H3,10,12,13). The molecule has 0 spiro atoms. The van der Waals surface area contributed by atoms with E-state index >= 15 is 0 Å². The van der Waals surface area contributed by atoms with E-state index in [2.05, 4.69) is 15.5 Å². The van der Waals surface area contributed by atoms with Gasteiger partial charge in [0.25, 0.3) is 5.91 Å². The van der Waals surface area contributed by atoms with Crippen LogP contribution in [-0.2, 0) is 11.3 Å². The van der Waals surface area contributed by atoms with Gasteiger partial charge in [-0.05, 0) is 13.8 Å². The normalized spacial score (nSPS) is 11.4. The zero-order chi connectivity index (χ0) is 10.8. The number of anilines is 1. The zero-order valence-electron chi connectivity index (χ0n) is 8.10. The van der Waals surface area contributed by atoms with Crippen LogP contribution < -0.4 is 11.1 Å². The van der Waals surface area contributed by atoms with Gasteiger partial charge in [0.15, 0.2) is 5.67 Å². The van der Waals surface area contributed by atoms with Gasteiger partial charge in [-0.2, -0.15) is 5.10 Å². The van der Waals surface area contributed by atoms with E-state index in [1.807, 2.05) is 0 Å². The largest absolute Gasteiger partial charge is 0.384 e. The van der Waals surface area contributed by atoms with Crippen molar-refractivity contribution in [2.24, 2.45) is 0 Å². The lowest BCUT2D eigenvalue weighted by Gasteiger charge is -2.13. The van der Waals surface area contributed by atoms with Gasteiger partial charge in [-0.15, -0.1) is 0 Å². The van der Waals surface area contributed by atoms with Crippen LogP contribution in [0.15, 0.2) is 6.20 Å². The number of carbonyl (C=O) groups is 1. The minimum atomic E-state index is -1.88. The molecule has 78 valence electrons. The summed E-state index contributed by atoms with van der Waals surface area (Å²) in [5, 5.41) is 8.59. The molecule has 0 aliphatic heterocycles. The minimum Gasteiger partial charge on any atom is -0.384 e. The second kappa shape index (κ2) is 3.65. The molecule has 0 radical (unpaired) electrons. The molecule has 1 aromatic heterocycles. The molecule has 1 aromatic rings. The fourth-order valence-corrected chi connectivity index (χ4v) is 0.848. The van der Waals surface area contributed by atoms with Crippen LogP contribution in [0.4, 0.5) is 10.2 Å². The lowest BCUT2D eigenvalue weighted by molar-refractivity contribution is -0.130. The summed E-state index contributed by atoms with van der Waals surface area (Å²) in [5.41, 5.74) is 4.24. The van der Waals surface area contributed by atoms with Crippen molar-refractivity contribution >= 4 is 11.7 Å². The summed E-state index contributed by atoms with van der Waals surface area (Å²) in [6.07, 6.45) is 1.49. The molecule has 14 heavy (non-hydrogen) atoms. The Kier molecular flexibility index (Phi) is 2.73. The molecule has 6 heteroatoms. The van der Waals surface area contributed by atoms with E-state index in [9.17, 15) is 9.18 Å². The zero-order valence-corrected chi connectivity index (χ0v) is 8.10. The SMILES string of the molecule is CC(C)(F)C(=O)NCc1cn[nH]c1N. The van der Waals surface area contributed by atoms with Crippen molar-refractivity contribution in [1.82, 2.24) is 15.5 Å². The molecule has 0 atom stereocenters. The lowest BCUT2D eigenvalue weighted by Crippen LogP contribution is -2.38. The predicted octanol–water partition coefficient (Wildman–Crippen LogP) is 0.356. The predicted molar refractivity (Wildman–Crippen MR) is 50.0 cm³/mol. The third-order valence-electron chi connectivity index (χ3n) is 1.73. The molecule has 0 bridgehead atoms. The van der Waals surface area contributed by atoms with Crippen molar-refractivity contribution in [2.75, 3.05) is 5.73 Å². The van der Waals surface area contributed by atoms with Gasteiger partial charge in [0.1, 0.15) is 5.82 Å². The molecular weight excluding hydrogens is 187 g/mol. The fraction of sp³-hybridized carbons (Fsp3) is 0.500. The van der Waals surface area contributed by atoms with Crippen LogP contribution in [0.3, 0.4) is 0 Å². The molecule has 5 nitrogen and oxygen atoms in total. The van der Waals surface area contributed by atoms with E-state index in [1.54, 1.807) is 0 Å². The van der Waals surface area contributed by atoms with Crippen LogP contribution in [0.1, 0.15) is 19.4 Å². The van der Waals surface area contributed by atoms with E-state index in [4.69, 9.17) is 5.73 Å². The van der Waals surface area contributed by atoms with Crippen LogP contribution in [0.2, 0.25) is 0 Å². The Labute approximate surface area is 80.9 Å². The van der Waals surface area contributed by atoms with Gasteiger partial charge in [0.2, 0.25) is 0 Å². The number of halogens is 1. The quantitative estimate of drug-likeness (QED) is 0.658. The van der Waals surface area contributed by atoms with E-state index < -0.39 is 11.6 Å². The van der Waals surface area contributed by atoms with Crippen molar-refractivity contribution in [3.05, 3.63) is 11.8 Å². The summed E-state index contributed by atoms with van der Waals surface area (Å²) >= 11 is 0. The number of nitrogens with one attached hydrogen (secondary N) is 2. The first-order chi connectivity index (χ1) is 6.41. The maximum atomic E-state index is 13.0. The van der Waals surface area contributed by atoms with Gasteiger partial charge in [-0.1, -0.05) is 0 Å². The van der Waals surface area contributed by atoms with Crippen molar-refractivity contribution in [1.29, 1.82) is 0 Å². The summed E-state index contributed by atoms with van der Waals surface area (Å²) < 4.78 is 13.0. The number of nitrogen functional groups attached to an aromatic ring is 1. The van der Waals surface area contributed by atoms with E-state index in [0.717, 1.165) is 0 Å². The first-order valence-electron chi connectivity index (χ1n) is 4.16. The monoisotopic (exact) mass is 200 g/mol. The molecule has 1 rings (SSSR count). The second-order valence-corrected chi connectivity index (χ2v) is 3.46. The molecule has 0 unspecified atom stereocenters. The number of rotatable bonds is 3. The van der Waals surface area contributed by atoms with Crippen LogP contribution in [0.25, 0.3) is 0 Å². The van der Waals surface area contributed by atoms with Crippen molar-refractivity contribution in [3.63, 3.8) is 0 Å². The Morgan fingerprint density at radius 1 is 1.79 bits per heavy atom. The van der Waals surface area contributed by atoms with Gasteiger partial charge in [0, 0.05) is 12.1 Å². The second-order valence-electron chi connectivity index (χ2n) is 3.46. The first-order valence-corrected chi connectivity index (χ1v) is 4.16. The Bertz CT molecular complexity index is 328. The Morgan fingerprint density at radius 2 is 2.43 bits per heavy atom. The Balaban J connectivity index is 2.50. The van der Waals surface area contributed by atoms with Crippen LogP contribution >= 0.6 is 0 Å². The Morgan fingerprint density at radius 3 is 2.86 bits per heavy atom. The number of aromatic amines is 1. The molecular formula is C8H13FN4O. The highest BCUT2D eigenvalue weighted by Crippen LogP contribution is 2.09. The number of nitrogens with zero attached hydrogens (tertiary/aromatic N) is 1. The summed E-state index contributed by atoms with van der Waals surface area (Å²) in [4.78, 5) is 11.1. The molecule has 1 heterocycles. The Hall–Kier alpha value is -1.59. The number of aromatic nitrogens is 2. The summed E-state index contributed by atoms with van der Waals surface area (Å²) in [5.74, 6) is -0.292. The molecule has 0 saturated heterocycles. The number of hydrogen-bond donors (Lipinski definition) is 3. The minimum absolute atomic E-state index is 0.175. The lowest BCUT2D eigenvalue weighted by atomic mass is 10.1. The van der Waals surface area contributed by atoms with Gasteiger partial charge >= 0.3 is 0 Å². The highest BCUT2D eigenvalue weighted by atomic mass is 19.1. The number of hydrogen-bond acceptors (Lipinski definition) is 3. The van der Waals surface area contributed by atoms with Gasteiger partial charge in [0.05, 0.1) is 6.20 Å². The average Bonchev–Trinajstić information content (AvgIpc) is 2.45. The summed E-state index contributed by atoms with van der Waals surface area (Å²) in [6, 6.07) is 0. The topological polar surface area (TPSA) is 83.8 Å². The summed E-state index contributed by atoms with van der Waals surface area (Å²) in [6.45, 7) is 2.57. The van der Waals surface area contributed by atoms with Gasteiger partial charge in [-0.25, -0.2) is 4.39 Å². The first kappa shape index (κ1) is 10.5. The smallest absolute Gasteiger partial charge is 0.257 e. The van der Waals surface area contributed by atoms with Crippen LogP contribution in [0.5, 0.6) is 0 Å². The maximum Gasteiger partial charge on any atom is 0.257 e. The fourth-order valence-electron chi connectivity index (χ4n) is 0.848. The molecule has 4 N–H and O–H groups in total. The van der Waals surface area contributed by atoms with Gasteiger partial charge in [-0.3, -0.25) is 9.89 Å². The highest BCUT2D eigenvalue weighted by Gasteiger charge is 2.26. The highest BCUT2D eigenvalue weighted by molar-refractivity contribution is 5.84. The van der Waals surface area contributed by atoms with Gasteiger partial charge < -0.3 is 11.1 Å². The van der Waals surface area contributed by atoms with Crippen molar-refractivity contribution < 1.29 is 9.18 Å². The summed E-state index contributed by atoms with van der Waals surface area (Å²) in [7, 11) is 0. The molecule has 0 saturated carbocycles. The molecule has 0 fully saturated rings. The number of amides is 1. The number of carbonyl (C=O) groups excluding carboxylic acids is 1.